The van der Waals surface area contributed by atoms with Crippen molar-refractivity contribution in [2.24, 2.45) is 27.5 Å². The van der Waals surface area contributed by atoms with E-state index < -0.39 is 0 Å². The summed E-state index contributed by atoms with van der Waals surface area (Å²) < 4.78 is 0. The Labute approximate surface area is 150 Å². The zero-order valence-corrected chi connectivity index (χ0v) is 15.5. The molecule has 2 saturated carbocycles. The highest BCUT2D eigenvalue weighted by Gasteiger charge is 2.77. The lowest BCUT2D eigenvalue weighted by atomic mass is 9.63. The smallest absolute Gasteiger partial charge is 0.117 e. The highest BCUT2D eigenvalue weighted by atomic mass is 15.3. The van der Waals surface area contributed by atoms with Crippen LogP contribution in [0.15, 0.2) is 52.3 Å². The molecule has 1 aromatic rings. The van der Waals surface area contributed by atoms with Crippen LogP contribution in [0.1, 0.15) is 38.7 Å². The minimum absolute atomic E-state index is 0.158. The van der Waals surface area contributed by atoms with Crippen molar-refractivity contribution in [3.8, 4) is 6.07 Å². The summed E-state index contributed by atoms with van der Waals surface area (Å²) in [6, 6.07) is 13.0. The Hall–Kier alpha value is -2.15. The van der Waals surface area contributed by atoms with Crippen molar-refractivity contribution in [2.75, 3.05) is 14.1 Å². The van der Waals surface area contributed by atoms with E-state index in [4.69, 9.17) is 10.2 Å². The molecule has 2 bridgehead atoms. The summed E-state index contributed by atoms with van der Waals surface area (Å²) >= 11 is 0. The highest BCUT2D eigenvalue weighted by Crippen LogP contribution is 2.74. The molecular formula is C21H26N4. The molecule has 2 aliphatic carbocycles. The summed E-state index contributed by atoms with van der Waals surface area (Å²) in [6.45, 7) is 4.61. The number of hydrogen-bond acceptors (Lipinski definition) is 4. The van der Waals surface area contributed by atoms with Gasteiger partial charge in [-0.3, -0.25) is 0 Å². The van der Waals surface area contributed by atoms with Crippen molar-refractivity contribution < 1.29 is 0 Å². The lowest BCUT2D eigenvalue weighted by molar-refractivity contribution is 0.164. The predicted octanol–water partition coefficient (Wildman–Crippen LogP) is 4.51. The Morgan fingerprint density at radius 2 is 1.84 bits per heavy atom. The van der Waals surface area contributed by atoms with Crippen LogP contribution in [0.25, 0.3) is 0 Å². The monoisotopic (exact) mass is 334 g/mol. The molecular weight excluding hydrogens is 308 g/mol. The van der Waals surface area contributed by atoms with Crippen molar-refractivity contribution in [1.82, 2.24) is 4.90 Å². The average molecular weight is 334 g/mol. The SMILES string of the molecule is CN(C)/C(C#N)=C/[C@]12N=N[C@@](c3ccccc3)([C@H]3CCC[C@H]31)C2(C)C. The van der Waals surface area contributed by atoms with Crippen molar-refractivity contribution in [1.29, 1.82) is 5.26 Å². The minimum Gasteiger partial charge on any atom is -0.369 e. The second-order valence-electron chi connectivity index (χ2n) is 8.46. The van der Waals surface area contributed by atoms with Crippen LogP contribution in [-0.2, 0) is 5.54 Å². The summed E-state index contributed by atoms with van der Waals surface area (Å²) in [5.74, 6) is 0.962. The molecule has 25 heavy (non-hydrogen) atoms. The van der Waals surface area contributed by atoms with Gasteiger partial charge in [0.05, 0.1) is 0 Å². The molecule has 0 aromatic heterocycles. The first kappa shape index (κ1) is 16.3. The molecule has 130 valence electrons. The van der Waals surface area contributed by atoms with Crippen LogP contribution in [-0.4, -0.2) is 24.5 Å². The molecule has 4 nitrogen and oxygen atoms in total. The number of rotatable bonds is 3. The van der Waals surface area contributed by atoms with Crippen molar-refractivity contribution in [2.45, 2.75) is 44.2 Å². The van der Waals surface area contributed by atoms with Crippen molar-refractivity contribution in [3.63, 3.8) is 0 Å². The van der Waals surface area contributed by atoms with Crippen LogP contribution >= 0.6 is 0 Å². The van der Waals surface area contributed by atoms with Crippen LogP contribution in [0.5, 0.6) is 0 Å². The van der Waals surface area contributed by atoms with Gasteiger partial charge in [0.2, 0.25) is 0 Å². The van der Waals surface area contributed by atoms with Crippen molar-refractivity contribution >= 4 is 0 Å². The number of hydrogen-bond donors (Lipinski definition) is 0. The van der Waals surface area contributed by atoms with Gasteiger partial charge in [-0.25, -0.2) is 0 Å². The minimum atomic E-state index is -0.390. The van der Waals surface area contributed by atoms with Crippen LogP contribution in [0.3, 0.4) is 0 Å². The fourth-order valence-electron chi connectivity index (χ4n) is 5.89. The van der Waals surface area contributed by atoms with Gasteiger partial charge < -0.3 is 4.90 Å². The van der Waals surface area contributed by atoms with E-state index >= 15 is 0 Å². The molecule has 2 fully saturated rings. The number of fused-ring (bicyclic) bond motifs is 5. The topological polar surface area (TPSA) is 51.8 Å². The first-order chi connectivity index (χ1) is 11.9. The zero-order chi connectivity index (χ0) is 17.9. The first-order valence-corrected chi connectivity index (χ1v) is 9.20. The lowest BCUT2D eigenvalue weighted by Gasteiger charge is -2.40. The number of azo groups is 1. The molecule has 4 rings (SSSR count). The van der Waals surface area contributed by atoms with E-state index in [1.807, 2.05) is 19.0 Å². The third-order valence-corrected chi connectivity index (χ3v) is 7.11. The summed E-state index contributed by atoms with van der Waals surface area (Å²) in [5.41, 5.74) is 1.13. The maximum Gasteiger partial charge on any atom is 0.117 e. The van der Waals surface area contributed by atoms with E-state index in [1.165, 1.54) is 24.8 Å². The number of allylic oxidation sites excluding steroid dienone is 1. The molecule has 3 aliphatic rings. The summed E-state index contributed by atoms with van der Waals surface area (Å²) in [5, 5.41) is 19.5. The summed E-state index contributed by atoms with van der Waals surface area (Å²) in [4.78, 5) is 1.89. The first-order valence-electron chi connectivity index (χ1n) is 9.20. The molecule has 4 heteroatoms. The molecule has 1 aliphatic heterocycles. The van der Waals surface area contributed by atoms with Gasteiger partial charge in [-0.1, -0.05) is 50.6 Å². The molecule has 1 heterocycles. The highest BCUT2D eigenvalue weighted by molar-refractivity contribution is 5.44. The molecule has 0 N–H and O–H groups in total. The van der Waals surface area contributed by atoms with Gasteiger partial charge in [0.1, 0.15) is 22.8 Å². The summed E-state index contributed by atoms with van der Waals surface area (Å²) in [7, 11) is 3.85. The van der Waals surface area contributed by atoms with E-state index in [2.05, 4.69) is 56.3 Å². The molecule has 0 radical (unpaired) electrons. The van der Waals surface area contributed by atoms with Crippen LogP contribution in [0.4, 0.5) is 0 Å². The normalized spacial score (nSPS) is 37.8. The third kappa shape index (κ3) is 1.76. The number of nitriles is 1. The Bertz CT molecular complexity index is 786. The predicted molar refractivity (Wildman–Crippen MR) is 97.7 cm³/mol. The Morgan fingerprint density at radius 3 is 2.48 bits per heavy atom. The molecule has 4 atom stereocenters. The Morgan fingerprint density at radius 1 is 1.16 bits per heavy atom. The fourth-order valence-corrected chi connectivity index (χ4v) is 5.89. The number of nitrogens with zero attached hydrogens (tertiary/aromatic N) is 4. The Balaban J connectivity index is 1.95. The quantitative estimate of drug-likeness (QED) is 0.764. The van der Waals surface area contributed by atoms with Gasteiger partial charge in [0.25, 0.3) is 0 Å². The molecule has 0 saturated heterocycles. The van der Waals surface area contributed by atoms with Gasteiger partial charge in [-0.15, -0.1) is 0 Å². The van der Waals surface area contributed by atoms with E-state index in [9.17, 15) is 5.26 Å². The van der Waals surface area contributed by atoms with Crippen molar-refractivity contribution in [3.05, 3.63) is 47.7 Å². The van der Waals surface area contributed by atoms with Gasteiger partial charge in [-0.2, -0.15) is 15.5 Å². The molecule has 1 aromatic carbocycles. The third-order valence-electron chi connectivity index (χ3n) is 7.11. The van der Waals surface area contributed by atoms with Gasteiger partial charge in [-0.05, 0) is 36.3 Å². The second kappa shape index (κ2) is 5.17. The van der Waals surface area contributed by atoms with Crippen LogP contribution in [0.2, 0.25) is 0 Å². The average Bonchev–Trinajstić information content (AvgIpc) is 3.21. The van der Waals surface area contributed by atoms with Gasteiger partial charge >= 0.3 is 0 Å². The lowest BCUT2D eigenvalue weighted by Crippen LogP contribution is -2.45. The molecule has 0 unspecified atom stereocenters. The standard InChI is InChI=1S/C21H26N4/c1-19(2)20(13-16(14-22)25(3)4)17-11-8-12-18(17)21(19,24-23-20)15-9-6-5-7-10-15/h5-7,9-10,13,17-18H,8,11-12H2,1-4H3/b16-13+/t17-,18+,20+,21+/m1/s1. The van der Waals surface area contributed by atoms with Crippen LogP contribution < -0.4 is 0 Å². The second-order valence-corrected chi connectivity index (χ2v) is 8.46. The van der Waals surface area contributed by atoms with E-state index in [0.717, 1.165) is 0 Å². The fraction of sp³-hybridized carbons (Fsp3) is 0.571. The molecule has 0 spiro atoms. The maximum absolute atomic E-state index is 9.64. The van der Waals surface area contributed by atoms with E-state index in [0.29, 0.717) is 17.5 Å². The summed E-state index contributed by atoms with van der Waals surface area (Å²) in [6.07, 6.45) is 5.72. The zero-order valence-electron chi connectivity index (χ0n) is 15.5. The van der Waals surface area contributed by atoms with E-state index in [1.54, 1.807) is 0 Å². The largest absolute Gasteiger partial charge is 0.369 e. The molecule has 0 amide bonds. The van der Waals surface area contributed by atoms with E-state index in [-0.39, 0.29) is 16.5 Å². The Kier molecular flexibility index (Phi) is 3.38. The van der Waals surface area contributed by atoms with Gasteiger partial charge in [0, 0.05) is 19.5 Å². The van der Waals surface area contributed by atoms with Gasteiger partial charge in [0.15, 0.2) is 0 Å². The number of benzene rings is 1. The van der Waals surface area contributed by atoms with Crippen LogP contribution in [0, 0.1) is 28.6 Å². The maximum atomic E-state index is 9.64.